The summed E-state index contributed by atoms with van der Waals surface area (Å²) < 4.78 is 96.4. The summed E-state index contributed by atoms with van der Waals surface area (Å²) in [5, 5.41) is 5.01. The van der Waals surface area contributed by atoms with Gasteiger partial charge in [0, 0.05) is 12.1 Å². The molecule has 14 heteroatoms. The Morgan fingerprint density at radius 3 is 1.42 bits per heavy atom. The van der Waals surface area contributed by atoms with Gasteiger partial charge in [-0.2, -0.15) is 21.6 Å². The highest BCUT2D eigenvalue weighted by molar-refractivity contribution is 7.97. The molecule has 1 N–H and O–H groups in total. The Hall–Kier alpha value is -5.15. The molecule has 6 aromatic carbocycles. The molecule has 0 aliphatic rings. The predicted octanol–water partition coefficient (Wildman–Crippen LogP) is 13.8. The van der Waals surface area contributed by atoms with Gasteiger partial charge in [-0.05, 0) is 153 Å². The maximum atomic E-state index is 10.7. The van der Waals surface area contributed by atoms with Crippen LogP contribution in [0.5, 0.6) is 28.7 Å². The molecule has 0 bridgehead atoms. The maximum Gasteiger partial charge on any atom is 0.522 e. The first kappa shape index (κ1) is 51.8. The summed E-state index contributed by atoms with van der Waals surface area (Å²) in [5.41, 5.74) is -6.01. The molecule has 0 heterocycles. The fourth-order valence-electron chi connectivity index (χ4n) is 6.69. The molecule has 0 aliphatic carbocycles. The first-order valence-electron chi connectivity index (χ1n) is 21.5. The zero-order valence-electron chi connectivity index (χ0n) is 39.8. The molecular formula is C52H62F3O9S2+. The van der Waals surface area contributed by atoms with Crippen LogP contribution in [0.25, 0.3) is 21.5 Å². The second kappa shape index (κ2) is 20.4. The average molecular weight is 952 g/mol. The summed E-state index contributed by atoms with van der Waals surface area (Å²) in [5.74, 6) is 3.48. The molecule has 6 aromatic rings. The Labute approximate surface area is 390 Å². The van der Waals surface area contributed by atoms with E-state index in [1.807, 2.05) is 65.8 Å². The Morgan fingerprint density at radius 1 is 0.515 bits per heavy atom. The zero-order valence-corrected chi connectivity index (χ0v) is 41.4. The topological polar surface area (TPSA) is 110 Å². The molecule has 9 nitrogen and oxygen atoms in total. The van der Waals surface area contributed by atoms with E-state index in [0.29, 0.717) is 29.6 Å². The second-order valence-electron chi connectivity index (χ2n) is 19.5. The van der Waals surface area contributed by atoms with Crippen LogP contribution >= 0.6 is 0 Å². The van der Waals surface area contributed by atoms with Crippen molar-refractivity contribution < 1.29 is 54.6 Å². The summed E-state index contributed by atoms with van der Waals surface area (Å²) in [4.78, 5) is 3.07. The van der Waals surface area contributed by atoms with Crippen molar-refractivity contribution in [1.82, 2.24) is 0 Å². The number of halogens is 3. The van der Waals surface area contributed by atoms with Gasteiger partial charge >= 0.3 is 15.6 Å². The molecule has 0 atom stereocenters. The van der Waals surface area contributed by atoms with Gasteiger partial charge in [0.2, 0.25) is 4.90 Å². The molecule has 0 saturated carbocycles. The molecule has 0 spiro atoms. The van der Waals surface area contributed by atoms with Gasteiger partial charge in [0.05, 0.1) is 6.61 Å². The molecule has 0 unspecified atom stereocenters. The van der Waals surface area contributed by atoms with E-state index in [1.165, 1.54) is 27.1 Å². The maximum absolute atomic E-state index is 10.7. The van der Waals surface area contributed by atoms with E-state index in [0.717, 1.165) is 26.9 Å². The van der Waals surface area contributed by atoms with Crippen molar-refractivity contribution in [3.8, 4) is 28.7 Å². The summed E-state index contributed by atoms with van der Waals surface area (Å²) in [7, 11) is -6.52. The second-order valence-corrected chi connectivity index (χ2v) is 22.9. The lowest BCUT2D eigenvalue weighted by Crippen LogP contribution is -2.27. The molecule has 0 aliphatic heterocycles. The average Bonchev–Trinajstić information content (AvgIpc) is 3.17. The van der Waals surface area contributed by atoms with E-state index >= 15 is 0 Å². The third kappa shape index (κ3) is 14.9. The van der Waals surface area contributed by atoms with Gasteiger partial charge in [-0.25, -0.2) is 0 Å². The summed E-state index contributed by atoms with van der Waals surface area (Å²) in [6, 6.07) is 40.2. The van der Waals surface area contributed by atoms with Crippen molar-refractivity contribution in [2.75, 3.05) is 13.4 Å². The molecule has 0 saturated heterocycles. The van der Waals surface area contributed by atoms with Crippen LogP contribution in [0.1, 0.15) is 88.6 Å². The third-order valence-electron chi connectivity index (χ3n) is 9.00. The number of hydrogen-bond acceptors (Lipinski definition) is 8. The van der Waals surface area contributed by atoms with Crippen LogP contribution < -0.4 is 23.7 Å². The minimum atomic E-state index is -5.84. The Balaban J connectivity index is 0.000000933. The van der Waals surface area contributed by atoms with Crippen LogP contribution in [-0.2, 0) is 32.2 Å². The van der Waals surface area contributed by atoms with Crippen LogP contribution in [0.4, 0.5) is 13.2 Å². The molecule has 66 heavy (non-hydrogen) atoms. The third-order valence-corrected chi connectivity index (χ3v) is 11.8. The number of ether oxygens (including phenoxy) is 6. The Kier molecular flexibility index (Phi) is 16.0. The van der Waals surface area contributed by atoms with Crippen molar-refractivity contribution in [2.24, 2.45) is 0 Å². The molecule has 0 fully saturated rings. The van der Waals surface area contributed by atoms with E-state index < -0.39 is 48.9 Å². The molecule has 0 radical (unpaired) electrons. The van der Waals surface area contributed by atoms with Gasteiger partial charge in [-0.3, -0.25) is 4.55 Å². The molecule has 0 aromatic heterocycles. The Morgan fingerprint density at radius 2 is 0.939 bits per heavy atom. The van der Waals surface area contributed by atoms with E-state index in [4.69, 9.17) is 41.4 Å². The molecular weight excluding hydrogens is 890 g/mol. The monoisotopic (exact) mass is 951 g/mol. The van der Waals surface area contributed by atoms with E-state index in [9.17, 15) is 13.2 Å². The zero-order chi connectivity index (χ0) is 48.9. The lowest BCUT2D eigenvalue weighted by molar-refractivity contribution is -0.0510. The van der Waals surface area contributed by atoms with Gasteiger partial charge in [0.1, 0.15) is 33.3 Å². The Bertz CT molecular complexity index is 2630. The largest absolute Gasteiger partial charge is 0.522 e. The van der Waals surface area contributed by atoms with E-state index in [1.54, 1.807) is 0 Å². The van der Waals surface area contributed by atoms with Crippen LogP contribution in [0.15, 0.2) is 130 Å². The standard InChI is InChI=1S/C51H61O6S.CHF3O3S/c1-48(2,3)54-42-27-25-37(32-45(42)56-50(7,8)9)58(38-26-28-43(55-49(4,5)6)46(33-38)57-51(10,11)12)47-24-18-17-23-44(47)53-34-52-30-29-36-31-35-19-13-14-20-39(35)41-22-16-15-21-40(36)41;2-1(3,4)8(5,6)7/h13-28,31-33H,29-30,34H2,1-12H3;(H,5,6,7)/q+1;. The van der Waals surface area contributed by atoms with Gasteiger partial charge in [-0.15, -0.1) is 0 Å². The lowest BCUT2D eigenvalue weighted by atomic mass is 9.96. The van der Waals surface area contributed by atoms with Crippen molar-refractivity contribution in [3.63, 3.8) is 0 Å². The number of para-hydroxylation sites is 1. The van der Waals surface area contributed by atoms with Crippen molar-refractivity contribution >= 4 is 42.6 Å². The van der Waals surface area contributed by atoms with Gasteiger partial charge in [-0.1, -0.05) is 66.7 Å². The first-order valence-corrected chi connectivity index (χ1v) is 24.2. The van der Waals surface area contributed by atoms with Gasteiger partial charge < -0.3 is 28.4 Å². The fraction of sp³-hybridized carbons (Fsp3) is 0.385. The number of rotatable bonds is 13. The number of fused-ring (bicyclic) bond motifs is 3. The van der Waals surface area contributed by atoms with Crippen molar-refractivity contribution in [3.05, 3.63) is 121 Å². The fourth-order valence-corrected chi connectivity index (χ4v) is 8.87. The van der Waals surface area contributed by atoms with Crippen molar-refractivity contribution in [2.45, 2.75) is 132 Å². The lowest BCUT2D eigenvalue weighted by Gasteiger charge is -2.28. The predicted molar refractivity (Wildman–Crippen MR) is 257 cm³/mol. The molecule has 356 valence electrons. The molecule has 0 amide bonds. The number of hydrogen-bond donors (Lipinski definition) is 1. The SMILES string of the molecule is CC(C)(C)Oc1ccc([S+](c2ccc(OC(C)(C)C)c(OC(C)(C)C)c2)c2ccccc2OCOCCc2cc3ccccc3c3ccccc23)cc1OC(C)(C)C.O=S(=O)(O)C(F)(F)F. The van der Waals surface area contributed by atoms with Crippen LogP contribution in [0.3, 0.4) is 0 Å². The highest BCUT2D eigenvalue weighted by atomic mass is 32.2. The van der Waals surface area contributed by atoms with Crippen LogP contribution in [0, 0.1) is 0 Å². The highest BCUT2D eigenvalue weighted by Gasteiger charge is 2.44. The number of alkyl halides is 3. The smallest absolute Gasteiger partial charge is 0.484 e. The summed E-state index contributed by atoms with van der Waals surface area (Å²) >= 11 is 0. The minimum Gasteiger partial charge on any atom is -0.484 e. The summed E-state index contributed by atoms with van der Waals surface area (Å²) in [6.45, 7) is 25.2. The van der Waals surface area contributed by atoms with E-state index in [-0.39, 0.29) is 6.79 Å². The number of benzene rings is 6. The first-order chi connectivity index (χ1) is 30.5. The van der Waals surface area contributed by atoms with E-state index in [2.05, 4.69) is 133 Å². The quantitative estimate of drug-likeness (QED) is 0.0302. The molecule has 6 rings (SSSR count). The summed E-state index contributed by atoms with van der Waals surface area (Å²) in [6.07, 6.45) is 0.764. The highest BCUT2D eigenvalue weighted by Crippen LogP contribution is 2.44. The minimum absolute atomic E-state index is 0.104. The van der Waals surface area contributed by atoms with Crippen LogP contribution in [0.2, 0.25) is 0 Å². The van der Waals surface area contributed by atoms with Crippen LogP contribution in [-0.4, -0.2) is 54.3 Å². The normalized spacial score (nSPS) is 12.7. The van der Waals surface area contributed by atoms with Crippen molar-refractivity contribution in [1.29, 1.82) is 0 Å². The van der Waals surface area contributed by atoms with Gasteiger partial charge in [0.15, 0.2) is 45.3 Å². The van der Waals surface area contributed by atoms with Gasteiger partial charge in [0.25, 0.3) is 0 Å².